The highest BCUT2D eigenvalue weighted by molar-refractivity contribution is 5.89. The van der Waals surface area contributed by atoms with E-state index in [9.17, 15) is 9.59 Å². The van der Waals surface area contributed by atoms with Crippen molar-refractivity contribution < 1.29 is 19.1 Å². The summed E-state index contributed by atoms with van der Waals surface area (Å²) in [5.41, 5.74) is 0.207. The first kappa shape index (κ1) is 13.8. The van der Waals surface area contributed by atoms with Gasteiger partial charge in [-0.05, 0) is 18.4 Å². The molecule has 4 nitrogen and oxygen atoms in total. The van der Waals surface area contributed by atoms with Gasteiger partial charge in [0.2, 0.25) is 6.29 Å². The van der Waals surface area contributed by atoms with Gasteiger partial charge in [-0.15, -0.1) is 0 Å². The van der Waals surface area contributed by atoms with Crippen LogP contribution in [0, 0.1) is 0 Å². The fraction of sp³-hybridized carbons (Fsp3) is 0.125. The first-order chi connectivity index (χ1) is 9.61. The summed E-state index contributed by atoms with van der Waals surface area (Å²) in [5, 5.41) is 1.81. The number of benzene rings is 2. The first-order valence-electron chi connectivity index (χ1n) is 6.08. The standard InChI is InChI=1S/C16H14O4/c1-11(2)16(18)20-15(10-17)19-14-9-5-7-12-6-3-4-8-13(12)14/h3-10,15H,1H2,2H3. The van der Waals surface area contributed by atoms with E-state index in [2.05, 4.69) is 6.58 Å². The maximum absolute atomic E-state index is 11.4. The lowest BCUT2D eigenvalue weighted by atomic mass is 10.1. The topological polar surface area (TPSA) is 52.6 Å². The Morgan fingerprint density at radius 2 is 1.90 bits per heavy atom. The van der Waals surface area contributed by atoms with Crippen molar-refractivity contribution in [1.82, 2.24) is 0 Å². The Kier molecular flexibility index (Phi) is 4.15. The minimum absolute atomic E-state index is 0.207. The van der Waals surface area contributed by atoms with Crippen molar-refractivity contribution in [3.63, 3.8) is 0 Å². The molecular weight excluding hydrogens is 256 g/mol. The highest BCUT2D eigenvalue weighted by atomic mass is 16.7. The summed E-state index contributed by atoms with van der Waals surface area (Å²) in [5.74, 6) is -0.183. The van der Waals surface area contributed by atoms with Crippen LogP contribution in [-0.4, -0.2) is 18.5 Å². The van der Waals surface area contributed by atoms with E-state index in [1.54, 1.807) is 12.1 Å². The molecule has 0 aliphatic heterocycles. The molecule has 1 unspecified atom stereocenters. The molecule has 0 aliphatic rings. The highest BCUT2D eigenvalue weighted by Gasteiger charge is 2.16. The normalized spacial score (nSPS) is 11.7. The molecule has 102 valence electrons. The number of esters is 1. The van der Waals surface area contributed by atoms with Gasteiger partial charge in [0.1, 0.15) is 5.75 Å². The molecular formula is C16H14O4. The van der Waals surface area contributed by atoms with Crippen LogP contribution in [0.15, 0.2) is 54.6 Å². The number of carbonyl (C=O) groups excluding carboxylic acids is 2. The number of ether oxygens (including phenoxy) is 2. The number of fused-ring (bicyclic) bond motifs is 1. The molecule has 0 aliphatic carbocycles. The summed E-state index contributed by atoms with van der Waals surface area (Å²) >= 11 is 0. The fourth-order valence-corrected chi connectivity index (χ4v) is 1.71. The molecule has 0 spiro atoms. The Labute approximate surface area is 116 Å². The Balaban J connectivity index is 2.24. The van der Waals surface area contributed by atoms with Crippen LogP contribution in [0.2, 0.25) is 0 Å². The van der Waals surface area contributed by atoms with Crippen molar-refractivity contribution in [3.05, 3.63) is 54.6 Å². The van der Waals surface area contributed by atoms with Gasteiger partial charge >= 0.3 is 12.3 Å². The van der Waals surface area contributed by atoms with E-state index in [1.165, 1.54) is 6.92 Å². The van der Waals surface area contributed by atoms with Crippen molar-refractivity contribution in [2.75, 3.05) is 0 Å². The van der Waals surface area contributed by atoms with Crippen LogP contribution >= 0.6 is 0 Å². The molecule has 2 rings (SSSR count). The molecule has 0 saturated carbocycles. The molecule has 20 heavy (non-hydrogen) atoms. The highest BCUT2D eigenvalue weighted by Crippen LogP contribution is 2.26. The van der Waals surface area contributed by atoms with Crippen LogP contribution in [0.5, 0.6) is 5.75 Å². The van der Waals surface area contributed by atoms with E-state index in [0.717, 1.165) is 10.8 Å². The zero-order valence-electron chi connectivity index (χ0n) is 11.0. The number of aldehydes is 1. The third-order valence-corrected chi connectivity index (χ3v) is 2.68. The fourth-order valence-electron chi connectivity index (χ4n) is 1.71. The van der Waals surface area contributed by atoms with Crippen LogP contribution in [0.3, 0.4) is 0 Å². The smallest absolute Gasteiger partial charge is 0.336 e. The SMILES string of the molecule is C=C(C)C(=O)OC(C=O)Oc1cccc2ccccc12. The van der Waals surface area contributed by atoms with Crippen LogP contribution in [0.4, 0.5) is 0 Å². The zero-order valence-corrected chi connectivity index (χ0v) is 11.0. The van der Waals surface area contributed by atoms with E-state index in [-0.39, 0.29) is 5.57 Å². The molecule has 0 amide bonds. The molecule has 1 atom stereocenters. The Morgan fingerprint density at radius 1 is 1.20 bits per heavy atom. The van der Waals surface area contributed by atoms with E-state index in [0.29, 0.717) is 12.0 Å². The van der Waals surface area contributed by atoms with E-state index < -0.39 is 12.3 Å². The summed E-state index contributed by atoms with van der Waals surface area (Å²) in [4.78, 5) is 22.4. The van der Waals surface area contributed by atoms with Gasteiger partial charge in [-0.2, -0.15) is 0 Å². The molecule has 0 bridgehead atoms. The monoisotopic (exact) mass is 270 g/mol. The van der Waals surface area contributed by atoms with Crippen LogP contribution < -0.4 is 4.74 Å². The molecule has 0 fully saturated rings. The number of carbonyl (C=O) groups is 2. The number of hydrogen-bond acceptors (Lipinski definition) is 4. The minimum atomic E-state index is -1.29. The molecule has 0 N–H and O–H groups in total. The van der Waals surface area contributed by atoms with Gasteiger partial charge in [-0.1, -0.05) is 43.0 Å². The maximum Gasteiger partial charge on any atom is 0.336 e. The number of rotatable bonds is 5. The van der Waals surface area contributed by atoms with Gasteiger partial charge in [-0.25, -0.2) is 4.79 Å². The molecule has 4 heteroatoms. The van der Waals surface area contributed by atoms with Crippen molar-refractivity contribution in [2.24, 2.45) is 0 Å². The zero-order chi connectivity index (χ0) is 14.5. The Bertz CT molecular complexity index is 655. The molecule has 0 saturated heterocycles. The second-order valence-corrected chi connectivity index (χ2v) is 4.29. The van der Waals surface area contributed by atoms with Crippen molar-refractivity contribution in [1.29, 1.82) is 0 Å². The summed E-state index contributed by atoms with van der Waals surface area (Å²) in [6.07, 6.45) is -0.854. The minimum Gasteiger partial charge on any atom is -0.447 e. The number of hydrogen-bond donors (Lipinski definition) is 0. The molecule has 0 aromatic heterocycles. The van der Waals surface area contributed by atoms with Crippen LogP contribution in [0.1, 0.15) is 6.92 Å². The predicted molar refractivity (Wildman–Crippen MR) is 75.3 cm³/mol. The van der Waals surface area contributed by atoms with Crippen molar-refractivity contribution in [3.8, 4) is 5.75 Å². The van der Waals surface area contributed by atoms with Gasteiger partial charge < -0.3 is 9.47 Å². The van der Waals surface area contributed by atoms with E-state index in [4.69, 9.17) is 9.47 Å². The average Bonchev–Trinajstić information content (AvgIpc) is 2.46. The lowest BCUT2D eigenvalue weighted by molar-refractivity contribution is -0.162. The summed E-state index contributed by atoms with van der Waals surface area (Å²) in [6, 6.07) is 13.0. The van der Waals surface area contributed by atoms with Gasteiger partial charge in [0.15, 0.2) is 0 Å². The molecule has 0 radical (unpaired) electrons. The molecule has 0 heterocycles. The van der Waals surface area contributed by atoms with Crippen molar-refractivity contribution >= 4 is 23.0 Å². The Hall–Kier alpha value is -2.62. The lowest BCUT2D eigenvalue weighted by Gasteiger charge is -2.15. The van der Waals surface area contributed by atoms with Gasteiger partial charge in [0, 0.05) is 11.0 Å². The van der Waals surface area contributed by atoms with E-state index in [1.807, 2.05) is 30.3 Å². The van der Waals surface area contributed by atoms with Gasteiger partial charge in [0.25, 0.3) is 0 Å². The quantitative estimate of drug-likeness (QED) is 0.363. The van der Waals surface area contributed by atoms with E-state index >= 15 is 0 Å². The average molecular weight is 270 g/mol. The third-order valence-electron chi connectivity index (χ3n) is 2.68. The predicted octanol–water partition coefficient (Wildman–Crippen LogP) is 2.86. The third kappa shape index (κ3) is 3.03. The second kappa shape index (κ2) is 6.02. The summed E-state index contributed by atoms with van der Waals surface area (Å²) in [6.45, 7) is 4.96. The lowest BCUT2D eigenvalue weighted by Crippen LogP contribution is -2.26. The second-order valence-electron chi connectivity index (χ2n) is 4.29. The summed E-state index contributed by atoms with van der Waals surface area (Å²) in [7, 11) is 0. The first-order valence-corrected chi connectivity index (χ1v) is 6.08. The van der Waals surface area contributed by atoms with Crippen molar-refractivity contribution in [2.45, 2.75) is 13.2 Å². The van der Waals surface area contributed by atoms with Gasteiger partial charge in [-0.3, -0.25) is 4.79 Å². The molecule has 2 aromatic rings. The molecule has 2 aromatic carbocycles. The largest absolute Gasteiger partial charge is 0.447 e. The maximum atomic E-state index is 11.4. The Morgan fingerprint density at radius 3 is 2.60 bits per heavy atom. The van der Waals surface area contributed by atoms with Crippen LogP contribution in [0.25, 0.3) is 10.8 Å². The summed E-state index contributed by atoms with van der Waals surface area (Å²) < 4.78 is 10.3. The van der Waals surface area contributed by atoms with Crippen LogP contribution in [-0.2, 0) is 14.3 Å². The van der Waals surface area contributed by atoms with Gasteiger partial charge in [0.05, 0.1) is 0 Å².